The highest BCUT2D eigenvalue weighted by Gasteiger charge is 2.26. The first-order valence-corrected chi connectivity index (χ1v) is 9.23. The van der Waals surface area contributed by atoms with Gasteiger partial charge in [-0.05, 0) is 37.8 Å². The number of allylic oxidation sites excluding steroid dienone is 2. The molecule has 7 nitrogen and oxygen atoms in total. The van der Waals surface area contributed by atoms with Crippen LogP contribution >= 0.6 is 0 Å². The molecular weight excluding hydrogens is 358 g/mol. The SMILES string of the molecule is C=C(NC(=O)/C(N=CC(=C)[C@H]1CC[C@@H](CO)O1)=C(/C)C(=C)C)NC(=O)C(C)C. The van der Waals surface area contributed by atoms with Crippen LogP contribution in [0.15, 0.2) is 53.0 Å². The van der Waals surface area contributed by atoms with Crippen LogP contribution in [-0.4, -0.2) is 42.0 Å². The van der Waals surface area contributed by atoms with Crippen molar-refractivity contribution in [3.63, 3.8) is 0 Å². The van der Waals surface area contributed by atoms with Crippen LogP contribution in [0.1, 0.15) is 40.5 Å². The van der Waals surface area contributed by atoms with E-state index in [0.717, 1.165) is 12.8 Å². The molecule has 0 saturated carbocycles. The molecule has 7 heteroatoms. The van der Waals surface area contributed by atoms with Crippen molar-refractivity contribution in [3.8, 4) is 0 Å². The fourth-order valence-corrected chi connectivity index (χ4v) is 2.39. The van der Waals surface area contributed by atoms with Gasteiger partial charge in [0.15, 0.2) is 0 Å². The number of carbonyl (C=O) groups is 2. The molecule has 1 fully saturated rings. The summed E-state index contributed by atoms with van der Waals surface area (Å²) in [5, 5.41) is 14.2. The number of aliphatic hydroxyl groups is 1. The van der Waals surface area contributed by atoms with Crippen molar-refractivity contribution in [3.05, 3.63) is 48.0 Å². The van der Waals surface area contributed by atoms with Crippen molar-refractivity contribution in [1.29, 1.82) is 0 Å². The molecule has 3 N–H and O–H groups in total. The van der Waals surface area contributed by atoms with E-state index in [1.807, 2.05) is 0 Å². The molecule has 2 amide bonds. The van der Waals surface area contributed by atoms with Crippen molar-refractivity contribution in [2.45, 2.75) is 52.7 Å². The predicted molar refractivity (Wildman–Crippen MR) is 110 cm³/mol. The fraction of sp³-hybridized carbons (Fsp3) is 0.476. The molecule has 0 bridgehead atoms. The number of nitrogens with zero attached hydrogens (tertiary/aromatic N) is 1. The van der Waals surface area contributed by atoms with Gasteiger partial charge in [0.2, 0.25) is 5.91 Å². The topological polar surface area (TPSA) is 100 Å². The summed E-state index contributed by atoms with van der Waals surface area (Å²) in [6, 6.07) is 0. The summed E-state index contributed by atoms with van der Waals surface area (Å²) in [6.07, 6.45) is 2.53. The van der Waals surface area contributed by atoms with E-state index in [1.54, 1.807) is 27.7 Å². The maximum atomic E-state index is 12.7. The molecule has 1 saturated heterocycles. The van der Waals surface area contributed by atoms with E-state index in [2.05, 4.69) is 35.4 Å². The summed E-state index contributed by atoms with van der Waals surface area (Å²) in [5.41, 5.74) is 2.04. The van der Waals surface area contributed by atoms with Gasteiger partial charge in [-0.2, -0.15) is 0 Å². The highest BCUT2D eigenvalue weighted by molar-refractivity contribution is 5.98. The number of hydrogen-bond donors (Lipinski definition) is 3. The molecule has 0 aromatic carbocycles. The molecular formula is C21H31N3O4. The number of hydrogen-bond acceptors (Lipinski definition) is 5. The van der Waals surface area contributed by atoms with Gasteiger partial charge in [0.1, 0.15) is 11.5 Å². The third kappa shape index (κ3) is 6.90. The second kappa shape index (κ2) is 10.7. The number of aliphatic imine (C=N–C) groups is 1. The second-order valence-corrected chi connectivity index (χ2v) is 7.17. The van der Waals surface area contributed by atoms with E-state index in [0.29, 0.717) is 16.7 Å². The van der Waals surface area contributed by atoms with E-state index in [-0.39, 0.29) is 42.2 Å². The highest BCUT2D eigenvalue weighted by atomic mass is 16.5. The molecule has 0 unspecified atom stereocenters. The van der Waals surface area contributed by atoms with Gasteiger partial charge in [-0.1, -0.05) is 39.2 Å². The second-order valence-electron chi connectivity index (χ2n) is 7.17. The molecule has 154 valence electrons. The fourth-order valence-electron chi connectivity index (χ4n) is 2.39. The average molecular weight is 389 g/mol. The van der Waals surface area contributed by atoms with Crippen LogP contribution in [0.3, 0.4) is 0 Å². The molecule has 1 rings (SSSR count). The van der Waals surface area contributed by atoms with E-state index in [1.165, 1.54) is 6.21 Å². The minimum Gasteiger partial charge on any atom is -0.394 e. The van der Waals surface area contributed by atoms with Gasteiger partial charge in [-0.25, -0.2) is 0 Å². The first-order chi connectivity index (χ1) is 13.1. The van der Waals surface area contributed by atoms with Gasteiger partial charge in [-0.3, -0.25) is 14.6 Å². The van der Waals surface area contributed by atoms with Gasteiger partial charge in [0.25, 0.3) is 5.91 Å². The number of ether oxygens (including phenoxy) is 1. The summed E-state index contributed by atoms with van der Waals surface area (Å²) in [6.45, 7) is 18.4. The van der Waals surface area contributed by atoms with Crippen LogP contribution in [0.2, 0.25) is 0 Å². The number of aliphatic hydroxyl groups excluding tert-OH is 1. The van der Waals surface area contributed by atoms with Crippen LogP contribution in [0.25, 0.3) is 0 Å². The van der Waals surface area contributed by atoms with Gasteiger partial charge in [0, 0.05) is 12.1 Å². The lowest BCUT2D eigenvalue weighted by Crippen LogP contribution is -2.37. The van der Waals surface area contributed by atoms with Crippen molar-refractivity contribution in [2.75, 3.05) is 6.61 Å². The van der Waals surface area contributed by atoms with Gasteiger partial charge >= 0.3 is 0 Å². The third-order valence-electron chi connectivity index (χ3n) is 4.36. The van der Waals surface area contributed by atoms with E-state index >= 15 is 0 Å². The molecule has 0 aliphatic carbocycles. The van der Waals surface area contributed by atoms with Gasteiger partial charge < -0.3 is 20.5 Å². The van der Waals surface area contributed by atoms with Crippen LogP contribution in [-0.2, 0) is 14.3 Å². The number of rotatable bonds is 9. The molecule has 1 aliphatic rings. The van der Waals surface area contributed by atoms with E-state index in [9.17, 15) is 14.7 Å². The van der Waals surface area contributed by atoms with Gasteiger partial charge in [0.05, 0.1) is 18.8 Å². The Balaban J connectivity index is 2.90. The number of carbonyl (C=O) groups excluding carboxylic acids is 2. The molecule has 1 heterocycles. The van der Waals surface area contributed by atoms with Gasteiger partial charge in [-0.15, -0.1) is 0 Å². The monoisotopic (exact) mass is 389 g/mol. The van der Waals surface area contributed by atoms with E-state index in [4.69, 9.17) is 4.74 Å². The number of amides is 2. The molecule has 0 radical (unpaired) electrons. The Morgan fingerprint density at radius 3 is 2.36 bits per heavy atom. The lowest BCUT2D eigenvalue weighted by Gasteiger charge is -2.14. The summed E-state index contributed by atoms with van der Waals surface area (Å²) in [5.74, 6) is -0.925. The first kappa shape index (κ1) is 23.5. The number of nitrogens with one attached hydrogen (secondary N) is 2. The van der Waals surface area contributed by atoms with Crippen LogP contribution < -0.4 is 10.6 Å². The first-order valence-electron chi connectivity index (χ1n) is 9.23. The summed E-state index contributed by atoms with van der Waals surface area (Å²) >= 11 is 0. The maximum Gasteiger partial charge on any atom is 0.275 e. The normalized spacial score (nSPS) is 20.1. The minimum atomic E-state index is -0.515. The Hall–Kier alpha value is -2.51. The zero-order valence-electron chi connectivity index (χ0n) is 17.2. The minimum absolute atomic E-state index is 0.0343. The smallest absolute Gasteiger partial charge is 0.275 e. The molecule has 0 spiro atoms. The Labute approximate surface area is 166 Å². The molecule has 0 aromatic rings. The molecule has 28 heavy (non-hydrogen) atoms. The zero-order chi connectivity index (χ0) is 21.4. The maximum absolute atomic E-state index is 12.7. The van der Waals surface area contributed by atoms with Crippen LogP contribution in [0, 0.1) is 5.92 Å². The van der Waals surface area contributed by atoms with Crippen molar-refractivity contribution < 1.29 is 19.4 Å². The summed E-state index contributed by atoms with van der Waals surface area (Å²) in [4.78, 5) is 28.7. The Bertz CT molecular complexity index is 719. The highest BCUT2D eigenvalue weighted by Crippen LogP contribution is 2.24. The lowest BCUT2D eigenvalue weighted by atomic mass is 10.1. The Morgan fingerprint density at radius 2 is 1.86 bits per heavy atom. The van der Waals surface area contributed by atoms with Crippen LogP contribution in [0.4, 0.5) is 0 Å². The van der Waals surface area contributed by atoms with E-state index < -0.39 is 5.91 Å². The average Bonchev–Trinajstić information content (AvgIpc) is 3.10. The van der Waals surface area contributed by atoms with Crippen molar-refractivity contribution in [2.24, 2.45) is 10.9 Å². The Kier molecular flexibility index (Phi) is 9.02. The van der Waals surface area contributed by atoms with Crippen LogP contribution in [0.5, 0.6) is 0 Å². The quantitative estimate of drug-likeness (QED) is 0.320. The van der Waals surface area contributed by atoms with Crippen molar-refractivity contribution >= 4 is 18.0 Å². The summed E-state index contributed by atoms with van der Waals surface area (Å²) < 4.78 is 5.67. The van der Waals surface area contributed by atoms with Crippen molar-refractivity contribution in [1.82, 2.24) is 10.6 Å². The molecule has 1 aliphatic heterocycles. The molecule has 0 aromatic heterocycles. The lowest BCUT2D eigenvalue weighted by molar-refractivity contribution is -0.123. The Morgan fingerprint density at radius 1 is 1.21 bits per heavy atom. The zero-order valence-corrected chi connectivity index (χ0v) is 17.2. The predicted octanol–water partition coefficient (Wildman–Crippen LogP) is 2.36. The standard InChI is InChI=1S/C21H31N3O4/c1-12(2)15(6)19(21(27)24-16(7)23-20(26)13(3)4)22-10-14(5)18-9-8-17(11-25)28-18/h10,13,17-18,25H,1,5,7-9,11H2,2-4,6H3,(H,23,26)(H,24,27)/b19-15+,22-10?/t17-,18+/m0/s1. The summed E-state index contributed by atoms with van der Waals surface area (Å²) in [7, 11) is 0. The molecule has 2 atom stereocenters. The largest absolute Gasteiger partial charge is 0.394 e. The third-order valence-corrected chi connectivity index (χ3v) is 4.36.